The second-order valence-corrected chi connectivity index (χ2v) is 10.8. The van der Waals surface area contributed by atoms with Crippen LogP contribution < -0.4 is 10.6 Å². The minimum Gasteiger partial charge on any atom is -0.394 e. The van der Waals surface area contributed by atoms with Crippen LogP contribution in [0.1, 0.15) is 5.82 Å². The van der Waals surface area contributed by atoms with E-state index < -0.39 is 31.6 Å². The molecule has 0 radical (unpaired) electrons. The number of alkyl halides is 3. The van der Waals surface area contributed by atoms with Crippen LogP contribution in [-0.2, 0) is 19.8 Å². The smallest absolute Gasteiger partial charge is 0.394 e. The molecule has 0 amide bonds. The van der Waals surface area contributed by atoms with Gasteiger partial charge in [-0.15, -0.1) is 3.77 Å². The van der Waals surface area contributed by atoms with E-state index in [0.29, 0.717) is 12.0 Å². The quantitative estimate of drug-likeness (QED) is 0.699. The number of nitrogens with two attached hydrogens (primary N) is 1. The van der Waals surface area contributed by atoms with Gasteiger partial charge in [-0.2, -0.15) is 13.2 Å². The predicted octanol–water partition coefficient (Wildman–Crippen LogP) is 0.989. The molecule has 2 heterocycles. The van der Waals surface area contributed by atoms with Crippen LogP contribution in [0, 0.1) is 0 Å². The third kappa shape index (κ3) is 6.32. The zero-order valence-electron chi connectivity index (χ0n) is 15.8. The maximum absolute atomic E-state index is 12.6. The summed E-state index contributed by atoms with van der Waals surface area (Å²) in [7, 11) is -5.25. The third-order valence-corrected chi connectivity index (χ3v) is 7.75. The number of anilines is 1. The number of sulfonamides is 1. The molecule has 1 saturated heterocycles. The summed E-state index contributed by atoms with van der Waals surface area (Å²) in [4.78, 5) is 11.1. The summed E-state index contributed by atoms with van der Waals surface area (Å²) < 4.78 is 76.3. The Morgan fingerprint density at radius 1 is 1.41 bits per heavy atom. The van der Waals surface area contributed by atoms with Crippen LogP contribution in [0.15, 0.2) is 34.5 Å². The maximum atomic E-state index is 12.6. The van der Waals surface area contributed by atoms with Crippen LogP contribution in [0.2, 0.25) is 0 Å². The van der Waals surface area contributed by atoms with Crippen molar-refractivity contribution < 1.29 is 25.8 Å². The molecule has 29 heavy (non-hydrogen) atoms. The molecular formula is C15H21F3N6O3S2. The molecule has 2 rings (SSSR count). The molecule has 1 aromatic heterocycles. The Balaban J connectivity index is 2.18. The van der Waals surface area contributed by atoms with Crippen molar-refractivity contribution in [2.75, 3.05) is 42.8 Å². The number of allylic oxidation sites excluding steroid dienone is 1. The van der Waals surface area contributed by atoms with Crippen molar-refractivity contribution in [1.29, 1.82) is 0 Å². The molecule has 0 atom stereocenters. The van der Waals surface area contributed by atoms with E-state index in [2.05, 4.69) is 20.3 Å². The molecule has 1 aromatic rings. The third-order valence-electron chi connectivity index (χ3n) is 3.94. The molecule has 9 nitrogen and oxygen atoms in total. The molecule has 0 aromatic carbocycles. The normalized spacial score (nSPS) is 17.7. The van der Waals surface area contributed by atoms with E-state index in [1.54, 1.807) is 11.0 Å². The largest absolute Gasteiger partial charge is 0.432 e. The van der Waals surface area contributed by atoms with Gasteiger partial charge in [-0.25, -0.2) is 22.6 Å². The minimum atomic E-state index is -4.67. The fraction of sp³-hybridized carbons (Fsp3) is 0.467. The van der Waals surface area contributed by atoms with Crippen molar-refractivity contribution in [3.63, 3.8) is 0 Å². The van der Waals surface area contributed by atoms with Gasteiger partial charge in [-0.3, -0.25) is 0 Å². The Kier molecular flexibility index (Phi) is 6.47. The van der Waals surface area contributed by atoms with Gasteiger partial charge in [0.2, 0.25) is 0 Å². The fourth-order valence-electron chi connectivity index (χ4n) is 2.45. The number of rotatable bonds is 5. The van der Waals surface area contributed by atoms with E-state index in [1.807, 2.05) is 0 Å². The van der Waals surface area contributed by atoms with Gasteiger partial charge in [0.25, 0.3) is 10.0 Å². The maximum Gasteiger partial charge on any atom is 0.432 e. The summed E-state index contributed by atoms with van der Waals surface area (Å²) in [6, 6.07) is 1.58. The molecule has 14 heteroatoms. The summed E-state index contributed by atoms with van der Waals surface area (Å²) >= 11 is 0. The number of nitrogens with zero attached hydrogens (tertiary/aromatic N) is 5. The molecule has 2 N–H and O–H groups in total. The van der Waals surface area contributed by atoms with E-state index in [0.717, 1.165) is 11.2 Å². The van der Waals surface area contributed by atoms with Crippen LogP contribution in [0.25, 0.3) is 5.70 Å². The van der Waals surface area contributed by atoms with Gasteiger partial charge >= 0.3 is 6.18 Å². The van der Waals surface area contributed by atoms with Crippen LogP contribution in [0.3, 0.4) is 0 Å². The van der Waals surface area contributed by atoms with Crippen molar-refractivity contribution in [3.05, 3.63) is 36.6 Å². The van der Waals surface area contributed by atoms with E-state index >= 15 is 0 Å². The zero-order valence-corrected chi connectivity index (χ0v) is 17.4. The summed E-state index contributed by atoms with van der Waals surface area (Å²) in [5.41, 5.74) is 3.80. The highest BCUT2D eigenvalue weighted by Gasteiger charge is 2.32. The lowest BCUT2D eigenvalue weighted by molar-refractivity contribution is -0.0934. The first-order valence-electron chi connectivity index (χ1n) is 8.18. The molecule has 0 aliphatic carbocycles. The molecule has 0 saturated carbocycles. The van der Waals surface area contributed by atoms with Crippen molar-refractivity contribution in [2.24, 2.45) is 9.50 Å². The summed E-state index contributed by atoms with van der Waals surface area (Å²) in [5, 5.41) is 0. The first-order chi connectivity index (χ1) is 13.2. The first kappa shape index (κ1) is 22.9. The molecule has 0 unspecified atom stereocenters. The van der Waals surface area contributed by atoms with Crippen molar-refractivity contribution >= 4 is 31.3 Å². The minimum absolute atomic E-state index is 0.0467. The van der Waals surface area contributed by atoms with Gasteiger partial charge in [0.15, 0.2) is 5.82 Å². The second kappa shape index (κ2) is 8.18. The highest BCUT2D eigenvalue weighted by molar-refractivity contribution is 8.03. The topological polar surface area (TPSA) is 122 Å². The number of hydrogen-bond acceptors (Lipinski definition) is 8. The Hall–Kier alpha value is -2.35. The molecule has 1 aliphatic heterocycles. The SMILES string of the molecule is C=C(c1nccc(N2CCS(=O)(=NS(C)(=O)=O)CC2)n1)N(C)/C=C(\N)C(F)(F)F. The summed E-state index contributed by atoms with van der Waals surface area (Å²) in [5.74, 6) is 0.623. The van der Waals surface area contributed by atoms with E-state index in [4.69, 9.17) is 5.73 Å². The molecule has 0 spiro atoms. The first-order valence-corrected chi connectivity index (χ1v) is 11.9. The molecule has 1 aliphatic rings. The Labute approximate surface area is 167 Å². The number of halogens is 3. The van der Waals surface area contributed by atoms with Crippen LogP contribution in [0.4, 0.5) is 19.0 Å². The monoisotopic (exact) mass is 454 g/mol. The standard InChI is InChI=1S/C15H21F3N6O3S2/c1-11(23(2)10-12(19)15(16,17)18)14-20-5-4-13(21-14)24-6-8-29(27,9-7-24)22-28(3,25)26/h4-5,10H,1,6-9,19H2,2-3H3/b12-10-. The second-order valence-electron chi connectivity index (χ2n) is 6.35. The molecular weight excluding hydrogens is 433 g/mol. The lowest BCUT2D eigenvalue weighted by Crippen LogP contribution is -2.41. The lowest BCUT2D eigenvalue weighted by atomic mass is 10.3. The summed E-state index contributed by atoms with van der Waals surface area (Å²) in [6.45, 7) is 4.19. The van der Waals surface area contributed by atoms with E-state index in [9.17, 15) is 25.8 Å². The van der Waals surface area contributed by atoms with E-state index in [-0.39, 0.29) is 36.1 Å². The van der Waals surface area contributed by atoms with Gasteiger partial charge in [-0.1, -0.05) is 6.58 Å². The van der Waals surface area contributed by atoms with Crippen molar-refractivity contribution in [1.82, 2.24) is 14.9 Å². The van der Waals surface area contributed by atoms with Gasteiger partial charge in [0, 0.05) is 32.5 Å². The lowest BCUT2D eigenvalue weighted by Gasteiger charge is -2.29. The zero-order chi connectivity index (χ0) is 22.0. The Morgan fingerprint density at radius 3 is 2.52 bits per heavy atom. The summed E-state index contributed by atoms with van der Waals surface area (Å²) in [6.07, 6.45) is -1.68. The fourth-order valence-corrected chi connectivity index (χ4v) is 6.24. The molecule has 162 valence electrons. The Morgan fingerprint density at radius 2 is 2.00 bits per heavy atom. The molecule has 1 fully saturated rings. The van der Waals surface area contributed by atoms with E-state index in [1.165, 1.54) is 13.2 Å². The Bertz CT molecular complexity index is 1030. The van der Waals surface area contributed by atoms with Crippen molar-refractivity contribution in [2.45, 2.75) is 6.18 Å². The highest BCUT2D eigenvalue weighted by atomic mass is 32.3. The highest BCUT2D eigenvalue weighted by Crippen LogP contribution is 2.24. The van der Waals surface area contributed by atoms with Crippen molar-refractivity contribution in [3.8, 4) is 0 Å². The average Bonchev–Trinajstić information content (AvgIpc) is 2.59. The average molecular weight is 455 g/mol. The van der Waals surface area contributed by atoms with Crippen LogP contribution in [-0.4, -0.2) is 71.6 Å². The van der Waals surface area contributed by atoms with Gasteiger partial charge in [-0.05, 0) is 6.07 Å². The number of hydrogen-bond donors (Lipinski definition) is 1. The molecule has 0 bridgehead atoms. The van der Waals surface area contributed by atoms with Gasteiger partial charge < -0.3 is 15.5 Å². The predicted molar refractivity (Wildman–Crippen MR) is 105 cm³/mol. The van der Waals surface area contributed by atoms with Gasteiger partial charge in [0.05, 0.1) is 33.2 Å². The van der Waals surface area contributed by atoms with Gasteiger partial charge in [0.1, 0.15) is 11.5 Å². The van der Waals surface area contributed by atoms with Crippen LogP contribution >= 0.6 is 0 Å². The number of aromatic nitrogens is 2. The van der Waals surface area contributed by atoms with Crippen LogP contribution in [0.5, 0.6) is 0 Å².